The Morgan fingerprint density at radius 1 is 1.48 bits per heavy atom. The number of aromatic nitrogens is 1. The van der Waals surface area contributed by atoms with Gasteiger partial charge in [0.25, 0.3) is 5.91 Å². The molecule has 0 atom stereocenters. The molecule has 0 aliphatic heterocycles. The minimum atomic E-state index is -0.158. The molecule has 118 valence electrons. The topological polar surface area (TPSA) is 100 Å². The molecule has 21 heavy (non-hydrogen) atoms. The predicted molar refractivity (Wildman–Crippen MR) is 89.1 cm³/mol. The number of amides is 1. The number of anilines is 2. The molecule has 0 radical (unpaired) electrons. The number of hydrogen-bond acceptors (Lipinski definition) is 7. The van der Waals surface area contributed by atoms with Gasteiger partial charge in [-0.2, -0.15) is 11.8 Å². The van der Waals surface area contributed by atoms with Crippen molar-refractivity contribution >= 4 is 40.0 Å². The summed E-state index contributed by atoms with van der Waals surface area (Å²) in [6.07, 6.45) is 4.36. The van der Waals surface area contributed by atoms with E-state index in [0.717, 1.165) is 35.9 Å². The number of rotatable bonds is 9. The van der Waals surface area contributed by atoms with Crippen molar-refractivity contribution in [1.82, 2.24) is 10.3 Å². The molecule has 8 heteroatoms. The number of hydrogen-bond donors (Lipinski definition) is 4. The molecule has 5 N–H and O–H groups in total. The summed E-state index contributed by atoms with van der Waals surface area (Å²) in [4.78, 5) is 16.7. The molecule has 6 nitrogen and oxygen atoms in total. The Morgan fingerprint density at radius 2 is 2.29 bits per heavy atom. The summed E-state index contributed by atoms with van der Waals surface area (Å²) in [6, 6.07) is 0.481. The third-order valence-electron chi connectivity index (χ3n) is 3.27. The van der Waals surface area contributed by atoms with Gasteiger partial charge in [0.1, 0.15) is 10.7 Å². The van der Waals surface area contributed by atoms with Gasteiger partial charge in [-0.1, -0.05) is 11.3 Å². The van der Waals surface area contributed by atoms with Gasteiger partial charge in [-0.05, 0) is 31.4 Å². The van der Waals surface area contributed by atoms with Crippen molar-refractivity contribution in [2.45, 2.75) is 31.7 Å². The van der Waals surface area contributed by atoms with Crippen molar-refractivity contribution in [2.75, 3.05) is 35.7 Å². The molecular weight excluding hydrogens is 308 g/mol. The lowest BCUT2D eigenvalue weighted by Gasteiger charge is -2.25. The molecular formula is C13H22N4O2S2. The summed E-state index contributed by atoms with van der Waals surface area (Å²) < 4.78 is 0. The van der Waals surface area contributed by atoms with E-state index in [0.29, 0.717) is 23.3 Å². The Hall–Kier alpha value is -0.990. The van der Waals surface area contributed by atoms with Crippen LogP contribution in [0, 0.1) is 0 Å². The molecule has 1 amide bonds. The quantitative estimate of drug-likeness (QED) is 0.512. The van der Waals surface area contributed by atoms with Crippen LogP contribution in [0.15, 0.2) is 0 Å². The molecule has 2 rings (SSSR count). The van der Waals surface area contributed by atoms with Crippen LogP contribution in [0.4, 0.5) is 10.9 Å². The van der Waals surface area contributed by atoms with E-state index in [-0.39, 0.29) is 12.5 Å². The smallest absolute Gasteiger partial charge is 0.265 e. The highest BCUT2D eigenvalue weighted by atomic mass is 32.2. The van der Waals surface area contributed by atoms with E-state index < -0.39 is 0 Å². The van der Waals surface area contributed by atoms with Crippen molar-refractivity contribution in [1.29, 1.82) is 0 Å². The molecule has 1 heterocycles. The van der Waals surface area contributed by atoms with Crippen LogP contribution in [-0.2, 0) is 0 Å². The summed E-state index contributed by atoms with van der Waals surface area (Å²) in [5.74, 6) is 1.88. The Kier molecular flexibility index (Phi) is 6.59. The van der Waals surface area contributed by atoms with Gasteiger partial charge < -0.3 is 21.5 Å². The highest BCUT2D eigenvalue weighted by molar-refractivity contribution is 7.99. The third-order valence-corrected chi connectivity index (χ3v) is 5.34. The van der Waals surface area contributed by atoms with Crippen LogP contribution in [0.25, 0.3) is 0 Å². The Labute approximate surface area is 132 Å². The maximum atomic E-state index is 12.0. The molecule has 1 aliphatic rings. The van der Waals surface area contributed by atoms with Crippen LogP contribution in [0.5, 0.6) is 0 Å². The zero-order valence-electron chi connectivity index (χ0n) is 11.9. The van der Waals surface area contributed by atoms with Crippen LogP contribution in [0.3, 0.4) is 0 Å². The summed E-state index contributed by atoms with van der Waals surface area (Å²) >= 11 is 3.03. The van der Waals surface area contributed by atoms with Gasteiger partial charge in [-0.3, -0.25) is 4.79 Å². The standard InChI is InChI=1S/C13H22N4O2S2/c14-11-10(12(19)15-5-8-20-7-2-6-18)21-13(17-11)16-9-3-1-4-9/h9,18H,1-8,14H2,(H,15,19)(H,16,17). The first kappa shape index (κ1) is 16.4. The Balaban J connectivity index is 1.73. The first-order chi connectivity index (χ1) is 10.2. The number of thiazole rings is 1. The third kappa shape index (κ3) is 5.05. The van der Waals surface area contributed by atoms with Crippen molar-refractivity contribution < 1.29 is 9.90 Å². The number of nitrogen functional groups attached to an aromatic ring is 1. The Bertz CT molecular complexity index is 463. The number of carbonyl (C=O) groups is 1. The molecule has 1 aromatic rings. The van der Waals surface area contributed by atoms with Gasteiger partial charge in [0.2, 0.25) is 0 Å². The van der Waals surface area contributed by atoms with Crippen molar-refractivity contribution in [3.05, 3.63) is 4.88 Å². The molecule has 1 saturated carbocycles. The second-order valence-electron chi connectivity index (χ2n) is 4.95. The Morgan fingerprint density at radius 3 is 2.95 bits per heavy atom. The molecule has 0 unspecified atom stereocenters. The van der Waals surface area contributed by atoms with Crippen molar-refractivity contribution in [3.63, 3.8) is 0 Å². The summed E-state index contributed by atoms with van der Waals surface area (Å²) in [7, 11) is 0. The number of nitrogens with two attached hydrogens (primary N) is 1. The van der Waals surface area contributed by atoms with Crippen LogP contribution in [0.2, 0.25) is 0 Å². The fraction of sp³-hybridized carbons (Fsp3) is 0.692. The lowest BCUT2D eigenvalue weighted by Crippen LogP contribution is -2.26. The lowest BCUT2D eigenvalue weighted by molar-refractivity contribution is 0.0961. The molecule has 0 bridgehead atoms. The molecule has 1 fully saturated rings. The molecule has 0 aromatic carbocycles. The van der Waals surface area contributed by atoms with E-state index in [1.165, 1.54) is 17.8 Å². The first-order valence-corrected chi connectivity index (χ1v) is 9.17. The van der Waals surface area contributed by atoms with Gasteiger partial charge in [-0.25, -0.2) is 4.98 Å². The minimum absolute atomic E-state index is 0.158. The highest BCUT2D eigenvalue weighted by Gasteiger charge is 2.21. The molecule has 0 spiro atoms. The lowest BCUT2D eigenvalue weighted by atomic mass is 9.93. The largest absolute Gasteiger partial charge is 0.396 e. The van der Waals surface area contributed by atoms with Gasteiger partial charge in [0.15, 0.2) is 5.13 Å². The van der Waals surface area contributed by atoms with E-state index >= 15 is 0 Å². The predicted octanol–water partition coefficient (Wildman–Crippen LogP) is 1.54. The monoisotopic (exact) mass is 330 g/mol. The number of nitrogens with one attached hydrogen (secondary N) is 2. The maximum Gasteiger partial charge on any atom is 0.265 e. The molecule has 0 saturated heterocycles. The minimum Gasteiger partial charge on any atom is -0.396 e. The summed E-state index contributed by atoms with van der Waals surface area (Å²) in [5.41, 5.74) is 5.81. The second-order valence-corrected chi connectivity index (χ2v) is 7.17. The number of carbonyl (C=O) groups excluding carboxylic acids is 1. The first-order valence-electron chi connectivity index (χ1n) is 7.20. The highest BCUT2D eigenvalue weighted by Crippen LogP contribution is 2.29. The fourth-order valence-electron chi connectivity index (χ4n) is 1.87. The van der Waals surface area contributed by atoms with E-state index in [1.54, 1.807) is 11.8 Å². The number of nitrogens with zero attached hydrogens (tertiary/aromatic N) is 1. The fourth-order valence-corrected chi connectivity index (χ4v) is 3.53. The van der Waals surface area contributed by atoms with Crippen LogP contribution in [-0.4, -0.2) is 46.7 Å². The summed E-state index contributed by atoms with van der Waals surface area (Å²) in [6.45, 7) is 0.811. The van der Waals surface area contributed by atoms with Gasteiger partial charge in [0.05, 0.1) is 0 Å². The van der Waals surface area contributed by atoms with Gasteiger partial charge >= 0.3 is 0 Å². The summed E-state index contributed by atoms with van der Waals surface area (Å²) in [5, 5.41) is 15.6. The van der Waals surface area contributed by atoms with Crippen LogP contribution < -0.4 is 16.4 Å². The van der Waals surface area contributed by atoms with Gasteiger partial charge in [-0.15, -0.1) is 0 Å². The maximum absolute atomic E-state index is 12.0. The van der Waals surface area contributed by atoms with E-state index in [4.69, 9.17) is 10.8 Å². The number of thioether (sulfide) groups is 1. The zero-order chi connectivity index (χ0) is 15.1. The van der Waals surface area contributed by atoms with Crippen molar-refractivity contribution in [2.24, 2.45) is 0 Å². The van der Waals surface area contributed by atoms with Gasteiger partial charge in [0, 0.05) is 24.9 Å². The normalized spacial score (nSPS) is 14.7. The second kappa shape index (κ2) is 8.45. The zero-order valence-corrected chi connectivity index (χ0v) is 13.6. The van der Waals surface area contributed by atoms with Crippen LogP contribution >= 0.6 is 23.1 Å². The van der Waals surface area contributed by atoms with E-state index in [9.17, 15) is 4.79 Å². The molecule has 1 aromatic heterocycles. The van der Waals surface area contributed by atoms with E-state index in [1.807, 2.05) is 0 Å². The van der Waals surface area contributed by atoms with Crippen LogP contribution in [0.1, 0.15) is 35.4 Å². The average Bonchev–Trinajstić information content (AvgIpc) is 2.79. The van der Waals surface area contributed by atoms with Crippen molar-refractivity contribution in [3.8, 4) is 0 Å². The van der Waals surface area contributed by atoms with E-state index in [2.05, 4.69) is 15.6 Å². The number of aliphatic hydroxyl groups excluding tert-OH is 1. The molecule has 1 aliphatic carbocycles. The number of aliphatic hydroxyl groups is 1. The average molecular weight is 330 g/mol. The SMILES string of the molecule is Nc1nc(NC2CCC2)sc1C(=O)NCCSCCCO.